The van der Waals surface area contributed by atoms with Crippen molar-refractivity contribution in [2.45, 2.75) is 13.8 Å². The molecule has 4 rings (SSSR count). The first-order valence-corrected chi connectivity index (χ1v) is 10.4. The molecule has 3 aromatic carbocycles. The van der Waals surface area contributed by atoms with Crippen LogP contribution in [0, 0.1) is 13.8 Å². The van der Waals surface area contributed by atoms with Crippen LogP contribution in [0.25, 0.3) is 0 Å². The summed E-state index contributed by atoms with van der Waals surface area (Å²) in [4.78, 5) is 13.4. The average molecular weight is 444 g/mol. The fraction of sp³-hybridized carbons (Fsp3) is 0.0833. The molecule has 0 spiro atoms. The van der Waals surface area contributed by atoms with E-state index in [1.807, 2.05) is 73.7 Å². The lowest BCUT2D eigenvalue weighted by Crippen LogP contribution is -2.07. The topological polar surface area (TPSA) is 87.1 Å². The van der Waals surface area contributed by atoms with Crippen molar-refractivity contribution >= 4 is 47.0 Å². The van der Waals surface area contributed by atoms with E-state index < -0.39 is 0 Å². The van der Waals surface area contributed by atoms with Crippen LogP contribution in [0.15, 0.2) is 77.9 Å². The Balaban J connectivity index is 1.60. The van der Waals surface area contributed by atoms with Crippen LogP contribution in [0.2, 0.25) is 5.02 Å². The molecule has 32 heavy (non-hydrogen) atoms. The molecule has 3 N–H and O–H groups in total. The summed E-state index contributed by atoms with van der Waals surface area (Å²) < 4.78 is 0. The molecule has 0 saturated carbocycles. The summed E-state index contributed by atoms with van der Waals surface area (Å²) in [5.41, 5.74) is 7.79. The van der Waals surface area contributed by atoms with Crippen LogP contribution in [-0.2, 0) is 0 Å². The fourth-order valence-electron chi connectivity index (χ4n) is 3.01. The number of nitrogens with one attached hydrogen (secondary N) is 3. The molecule has 0 atom stereocenters. The standard InChI is InChI=1S/C24H22ClN7/c1-16-11-12-21(17(2)13-16)28-23-29-22(27-20-9-4-3-5-10-20)30-24(31-23)32-26-15-18-7-6-8-19(25)14-18/h3-15H,1-2H3,(H3,27,28,29,30,31,32)/b26-15-. The Labute approximate surface area is 191 Å². The molecule has 0 saturated heterocycles. The highest BCUT2D eigenvalue weighted by Gasteiger charge is 2.09. The molecule has 0 aliphatic rings. The number of halogens is 1. The first-order chi connectivity index (χ1) is 15.5. The van der Waals surface area contributed by atoms with E-state index in [0.717, 1.165) is 22.5 Å². The summed E-state index contributed by atoms with van der Waals surface area (Å²) in [6.45, 7) is 4.09. The van der Waals surface area contributed by atoms with Gasteiger partial charge in [-0.05, 0) is 55.3 Å². The molecule has 0 fully saturated rings. The Kier molecular flexibility index (Phi) is 6.57. The minimum absolute atomic E-state index is 0.295. The summed E-state index contributed by atoms with van der Waals surface area (Å²) in [6, 6.07) is 23.2. The number of hydrogen-bond donors (Lipinski definition) is 3. The summed E-state index contributed by atoms with van der Waals surface area (Å²) >= 11 is 6.03. The maximum Gasteiger partial charge on any atom is 0.250 e. The van der Waals surface area contributed by atoms with Gasteiger partial charge in [0.1, 0.15) is 0 Å². The average Bonchev–Trinajstić information content (AvgIpc) is 2.76. The minimum atomic E-state index is 0.295. The van der Waals surface area contributed by atoms with Crippen molar-refractivity contribution in [1.29, 1.82) is 0 Å². The zero-order valence-electron chi connectivity index (χ0n) is 17.7. The molecule has 0 unspecified atom stereocenters. The molecule has 4 aromatic rings. The second-order valence-electron chi connectivity index (χ2n) is 7.17. The Morgan fingerprint density at radius 2 is 1.53 bits per heavy atom. The highest BCUT2D eigenvalue weighted by atomic mass is 35.5. The van der Waals surface area contributed by atoms with Gasteiger partial charge in [-0.1, -0.05) is 59.6 Å². The van der Waals surface area contributed by atoms with Gasteiger partial charge >= 0.3 is 0 Å². The van der Waals surface area contributed by atoms with E-state index in [-0.39, 0.29) is 0 Å². The number of aryl methyl sites for hydroxylation is 2. The number of anilines is 5. The summed E-state index contributed by atoms with van der Waals surface area (Å²) in [5.74, 6) is 1.08. The fourth-order valence-corrected chi connectivity index (χ4v) is 3.21. The lowest BCUT2D eigenvalue weighted by molar-refractivity contribution is 1.04. The Morgan fingerprint density at radius 1 is 0.781 bits per heavy atom. The van der Waals surface area contributed by atoms with E-state index in [0.29, 0.717) is 22.9 Å². The van der Waals surface area contributed by atoms with Crippen LogP contribution in [0.5, 0.6) is 0 Å². The van der Waals surface area contributed by atoms with E-state index in [1.54, 1.807) is 6.21 Å². The monoisotopic (exact) mass is 443 g/mol. The number of rotatable bonds is 7. The van der Waals surface area contributed by atoms with Gasteiger partial charge in [0, 0.05) is 16.4 Å². The van der Waals surface area contributed by atoms with Crippen LogP contribution in [0.1, 0.15) is 16.7 Å². The van der Waals surface area contributed by atoms with Gasteiger partial charge in [0.05, 0.1) is 6.21 Å². The predicted octanol–water partition coefficient (Wildman–Crippen LogP) is 6.08. The van der Waals surface area contributed by atoms with Crippen LogP contribution >= 0.6 is 11.6 Å². The molecule has 8 heteroatoms. The number of aromatic nitrogens is 3. The third kappa shape index (κ3) is 5.80. The molecule has 0 aliphatic carbocycles. The van der Waals surface area contributed by atoms with E-state index in [4.69, 9.17) is 11.6 Å². The molecule has 160 valence electrons. The van der Waals surface area contributed by atoms with Crippen molar-refractivity contribution in [3.8, 4) is 0 Å². The quantitative estimate of drug-likeness (QED) is 0.237. The summed E-state index contributed by atoms with van der Waals surface area (Å²) in [7, 11) is 0. The van der Waals surface area contributed by atoms with Crippen molar-refractivity contribution in [1.82, 2.24) is 15.0 Å². The van der Waals surface area contributed by atoms with Crippen molar-refractivity contribution in [3.05, 3.63) is 94.5 Å². The molecule has 1 heterocycles. The SMILES string of the molecule is Cc1ccc(Nc2nc(N/N=C\c3cccc(Cl)c3)nc(Nc3ccccc3)n2)c(C)c1. The third-order valence-electron chi connectivity index (χ3n) is 4.52. The second-order valence-corrected chi connectivity index (χ2v) is 7.60. The zero-order valence-corrected chi connectivity index (χ0v) is 18.4. The summed E-state index contributed by atoms with van der Waals surface area (Å²) in [5, 5.41) is 11.3. The molecular weight excluding hydrogens is 422 g/mol. The lowest BCUT2D eigenvalue weighted by atomic mass is 10.1. The Hall–Kier alpha value is -3.97. The Morgan fingerprint density at radius 3 is 2.28 bits per heavy atom. The van der Waals surface area contributed by atoms with E-state index in [1.165, 1.54) is 5.56 Å². The number of nitrogens with zero attached hydrogens (tertiary/aromatic N) is 4. The minimum Gasteiger partial charge on any atom is -0.324 e. The van der Waals surface area contributed by atoms with Crippen LogP contribution in [-0.4, -0.2) is 21.2 Å². The first kappa shape index (κ1) is 21.3. The van der Waals surface area contributed by atoms with Gasteiger partial charge in [0.25, 0.3) is 0 Å². The molecule has 1 aromatic heterocycles. The van der Waals surface area contributed by atoms with E-state index >= 15 is 0 Å². The predicted molar refractivity (Wildman–Crippen MR) is 131 cm³/mol. The van der Waals surface area contributed by atoms with Crippen LogP contribution in [0.4, 0.5) is 29.2 Å². The number of hydrazone groups is 1. The van der Waals surface area contributed by atoms with Gasteiger partial charge in [0.2, 0.25) is 17.8 Å². The highest BCUT2D eigenvalue weighted by Crippen LogP contribution is 2.22. The van der Waals surface area contributed by atoms with Gasteiger partial charge < -0.3 is 10.6 Å². The Bertz CT molecular complexity index is 1240. The van der Waals surface area contributed by atoms with Crippen LogP contribution < -0.4 is 16.1 Å². The largest absolute Gasteiger partial charge is 0.324 e. The van der Waals surface area contributed by atoms with Crippen molar-refractivity contribution in [3.63, 3.8) is 0 Å². The molecular formula is C24H22ClN7. The van der Waals surface area contributed by atoms with Gasteiger partial charge in [0.15, 0.2) is 0 Å². The van der Waals surface area contributed by atoms with E-state index in [2.05, 4.69) is 49.1 Å². The van der Waals surface area contributed by atoms with E-state index in [9.17, 15) is 0 Å². The number of para-hydroxylation sites is 1. The van der Waals surface area contributed by atoms with Gasteiger partial charge in [-0.2, -0.15) is 20.1 Å². The molecule has 0 aliphatic heterocycles. The second kappa shape index (κ2) is 9.89. The number of benzene rings is 3. The summed E-state index contributed by atoms with van der Waals surface area (Å²) in [6.07, 6.45) is 1.65. The van der Waals surface area contributed by atoms with Gasteiger partial charge in [-0.15, -0.1) is 0 Å². The first-order valence-electron chi connectivity index (χ1n) is 10.0. The zero-order chi connectivity index (χ0) is 22.3. The van der Waals surface area contributed by atoms with Gasteiger partial charge in [-0.25, -0.2) is 5.43 Å². The third-order valence-corrected chi connectivity index (χ3v) is 4.76. The van der Waals surface area contributed by atoms with Crippen molar-refractivity contribution in [2.24, 2.45) is 5.10 Å². The maximum atomic E-state index is 6.03. The molecule has 0 radical (unpaired) electrons. The highest BCUT2D eigenvalue weighted by molar-refractivity contribution is 6.30. The van der Waals surface area contributed by atoms with Crippen molar-refractivity contribution < 1.29 is 0 Å². The molecule has 7 nitrogen and oxygen atoms in total. The smallest absolute Gasteiger partial charge is 0.250 e. The maximum absolute atomic E-state index is 6.03. The normalized spacial score (nSPS) is 10.8. The molecule has 0 bridgehead atoms. The van der Waals surface area contributed by atoms with Gasteiger partial charge in [-0.3, -0.25) is 0 Å². The van der Waals surface area contributed by atoms with Crippen LogP contribution in [0.3, 0.4) is 0 Å². The number of hydrogen-bond acceptors (Lipinski definition) is 7. The van der Waals surface area contributed by atoms with Crippen molar-refractivity contribution in [2.75, 3.05) is 16.1 Å². The molecule has 0 amide bonds. The lowest BCUT2D eigenvalue weighted by Gasteiger charge is -2.12.